The van der Waals surface area contributed by atoms with Crippen molar-refractivity contribution in [1.82, 2.24) is 10.6 Å². The van der Waals surface area contributed by atoms with Gasteiger partial charge in [-0.2, -0.15) is 0 Å². The number of benzene rings is 4. The van der Waals surface area contributed by atoms with Crippen LogP contribution in [-0.4, -0.2) is 36.3 Å². The maximum Gasteiger partial charge on any atom is 0.407 e. The number of amides is 2. The van der Waals surface area contributed by atoms with Crippen molar-refractivity contribution in [3.8, 4) is 0 Å². The largest absolute Gasteiger partial charge is 0.460 e. The van der Waals surface area contributed by atoms with Crippen LogP contribution in [0.2, 0.25) is 0 Å². The van der Waals surface area contributed by atoms with Crippen LogP contribution in [0.1, 0.15) is 35.6 Å². The molecule has 8 heteroatoms. The first kappa shape index (κ1) is 31.8. The molecule has 0 bridgehead atoms. The lowest BCUT2D eigenvalue weighted by atomic mass is 9.93. The van der Waals surface area contributed by atoms with Gasteiger partial charge in [-0.25, -0.2) is 9.59 Å². The van der Waals surface area contributed by atoms with Gasteiger partial charge in [-0.3, -0.25) is 4.79 Å². The molecule has 44 heavy (non-hydrogen) atoms. The number of alkyl carbamates (subject to hydrolysis) is 2. The minimum Gasteiger partial charge on any atom is -0.460 e. The second kappa shape index (κ2) is 17.1. The Morgan fingerprint density at radius 3 is 1.43 bits per heavy atom. The highest BCUT2D eigenvalue weighted by atomic mass is 16.6. The molecule has 228 valence electrons. The summed E-state index contributed by atoms with van der Waals surface area (Å²) in [6.45, 7) is 1.53. The van der Waals surface area contributed by atoms with Crippen molar-refractivity contribution in [2.24, 2.45) is 0 Å². The van der Waals surface area contributed by atoms with Crippen molar-refractivity contribution in [3.05, 3.63) is 144 Å². The molecule has 2 amide bonds. The highest BCUT2D eigenvalue weighted by Crippen LogP contribution is 2.18. The smallest absolute Gasteiger partial charge is 0.407 e. The second-order valence-electron chi connectivity index (χ2n) is 10.5. The zero-order chi connectivity index (χ0) is 31.0. The van der Waals surface area contributed by atoms with Crippen molar-refractivity contribution in [3.63, 3.8) is 0 Å². The summed E-state index contributed by atoms with van der Waals surface area (Å²) < 4.78 is 16.8. The minimum absolute atomic E-state index is 0.0917. The Morgan fingerprint density at radius 2 is 0.977 bits per heavy atom. The van der Waals surface area contributed by atoms with Gasteiger partial charge in [0, 0.05) is 19.4 Å². The molecule has 0 radical (unpaired) electrons. The Labute approximate surface area is 258 Å². The highest BCUT2D eigenvalue weighted by molar-refractivity contribution is 5.69. The Hall–Kier alpha value is -5.11. The van der Waals surface area contributed by atoms with E-state index in [9.17, 15) is 14.4 Å². The van der Waals surface area contributed by atoms with Crippen molar-refractivity contribution in [2.45, 2.75) is 57.6 Å². The summed E-state index contributed by atoms with van der Waals surface area (Å²) in [5.41, 5.74) is 3.63. The number of carbonyl (C=O) groups is 3. The summed E-state index contributed by atoms with van der Waals surface area (Å²) in [4.78, 5) is 38.3. The summed E-state index contributed by atoms with van der Waals surface area (Å²) in [5, 5.41) is 5.89. The van der Waals surface area contributed by atoms with Crippen LogP contribution in [0.25, 0.3) is 0 Å². The first-order chi connectivity index (χ1) is 21.4. The molecule has 4 aromatic rings. The number of carbonyl (C=O) groups excluding carboxylic acids is 3. The van der Waals surface area contributed by atoms with E-state index in [-0.39, 0.29) is 19.6 Å². The van der Waals surface area contributed by atoms with E-state index in [2.05, 4.69) is 10.6 Å². The fourth-order valence-electron chi connectivity index (χ4n) is 4.87. The zero-order valence-electron chi connectivity index (χ0n) is 24.8. The highest BCUT2D eigenvalue weighted by Gasteiger charge is 2.31. The van der Waals surface area contributed by atoms with E-state index in [0.29, 0.717) is 12.8 Å². The molecule has 0 unspecified atom stereocenters. The first-order valence-electron chi connectivity index (χ1n) is 14.6. The number of nitrogens with one attached hydrogen (secondary N) is 2. The zero-order valence-corrected chi connectivity index (χ0v) is 24.8. The van der Waals surface area contributed by atoms with Crippen LogP contribution in [0.3, 0.4) is 0 Å². The van der Waals surface area contributed by atoms with Gasteiger partial charge in [-0.05, 0) is 35.1 Å². The van der Waals surface area contributed by atoms with Crippen LogP contribution < -0.4 is 10.6 Å². The van der Waals surface area contributed by atoms with E-state index in [1.807, 2.05) is 121 Å². The molecule has 0 fully saturated rings. The minimum atomic E-state index is -0.792. The van der Waals surface area contributed by atoms with E-state index < -0.39 is 36.3 Å². The van der Waals surface area contributed by atoms with Gasteiger partial charge in [0.25, 0.3) is 0 Å². The summed E-state index contributed by atoms with van der Waals surface area (Å²) in [6, 6.07) is 36.9. The third-order valence-corrected chi connectivity index (χ3v) is 6.96. The third kappa shape index (κ3) is 11.3. The van der Waals surface area contributed by atoms with Crippen LogP contribution >= 0.6 is 0 Å². The molecule has 0 aromatic heterocycles. The van der Waals surface area contributed by atoms with Crippen molar-refractivity contribution >= 4 is 18.2 Å². The molecule has 3 atom stereocenters. The van der Waals surface area contributed by atoms with Gasteiger partial charge in [0.15, 0.2) is 0 Å². The summed E-state index contributed by atoms with van der Waals surface area (Å²) >= 11 is 0. The molecule has 0 heterocycles. The summed E-state index contributed by atoms with van der Waals surface area (Å²) in [7, 11) is 0. The van der Waals surface area contributed by atoms with E-state index in [1.165, 1.54) is 6.92 Å². The van der Waals surface area contributed by atoms with E-state index >= 15 is 0 Å². The number of hydrogen-bond donors (Lipinski definition) is 2. The topological polar surface area (TPSA) is 103 Å². The van der Waals surface area contributed by atoms with Gasteiger partial charge in [0.2, 0.25) is 0 Å². The van der Waals surface area contributed by atoms with Crippen LogP contribution in [0.5, 0.6) is 0 Å². The molecule has 0 aliphatic rings. The Balaban J connectivity index is 1.52. The fourth-order valence-corrected chi connectivity index (χ4v) is 4.87. The third-order valence-electron chi connectivity index (χ3n) is 6.96. The molecule has 0 spiro atoms. The van der Waals surface area contributed by atoms with Gasteiger partial charge in [-0.15, -0.1) is 0 Å². The predicted molar refractivity (Wildman–Crippen MR) is 168 cm³/mol. The predicted octanol–water partition coefficient (Wildman–Crippen LogP) is 6.38. The molecule has 4 aromatic carbocycles. The SMILES string of the molecule is CC(=O)O[C@@H](C[C@H](Cc1ccccc1)NC(=O)OCc1ccccc1)[C@H](Cc1ccccc1)NC(=O)OCc1ccccc1. The Morgan fingerprint density at radius 1 is 0.568 bits per heavy atom. The van der Waals surface area contributed by atoms with Crippen LogP contribution in [0.4, 0.5) is 9.59 Å². The number of hydrogen-bond acceptors (Lipinski definition) is 6. The molecule has 0 aliphatic carbocycles. The number of esters is 1. The first-order valence-corrected chi connectivity index (χ1v) is 14.6. The number of rotatable bonds is 14. The lowest BCUT2D eigenvalue weighted by Crippen LogP contribution is -2.50. The lowest BCUT2D eigenvalue weighted by Gasteiger charge is -2.31. The van der Waals surface area contributed by atoms with Crippen molar-refractivity contribution < 1.29 is 28.6 Å². The molecular weight excluding hydrogens is 556 g/mol. The Bertz CT molecular complexity index is 1430. The summed E-state index contributed by atoms with van der Waals surface area (Å²) in [6.07, 6.45) is -0.982. The molecule has 2 N–H and O–H groups in total. The second-order valence-corrected chi connectivity index (χ2v) is 10.5. The average Bonchev–Trinajstić information content (AvgIpc) is 3.04. The van der Waals surface area contributed by atoms with Gasteiger partial charge in [0.05, 0.1) is 6.04 Å². The van der Waals surface area contributed by atoms with Crippen LogP contribution in [0.15, 0.2) is 121 Å². The van der Waals surface area contributed by atoms with Gasteiger partial charge in [0.1, 0.15) is 19.3 Å². The normalized spacial score (nSPS) is 12.7. The fraction of sp³-hybridized carbons (Fsp3) is 0.250. The number of ether oxygens (including phenoxy) is 3. The molecule has 0 aliphatic heterocycles. The summed E-state index contributed by atoms with van der Waals surface area (Å²) in [5.74, 6) is -0.502. The quantitative estimate of drug-likeness (QED) is 0.130. The van der Waals surface area contributed by atoms with Crippen LogP contribution in [-0.2, 0) is 45.1 Å². The standard InChI is InChI=1S/C36H38N2O6/c1-27(39)44-34(33(23-29-16-8-3-9-17-29)38-36(41)43-26-31-20-12-5-13-21-31)24-32(22-28-14-6-2-7-15-28)37-35(40)42-25-30-18-10-4-11-19-30/h2-21,32-34H,22-26H2,1H3,(H,37,40)(H,38,41)/t32-,33-,34-/m0/s1. The monoisotopic (exact) mass is 594 g/mol. The molecular formula is C36H38N2O6. The molecule has 0 saturated heterocycles. The van der Waals surface area contributed by atoms with E-state index in [4.69, 9.17) is 14.2 Å². The van der Waals surface area contributed by atoms with Crippen LogP contribution in [0, 0.1) is 0 Å². The van der Waals surface area contributed by atoms with E-state index in [1.54, 1.807) is 0 Å². The molecule has 4 rings (SSSR count). The van der Waals surface area contributed by atoms with Gasteiger partial charge >= 0.3 is 18.2 Å². The van der Waals surface area contributed by atoms with Crippen molar-refractivity contribution in [1.29, 1.82) is 0 Å². The lowest BCUT2D eigenvalue weighted by molar-refractivity contribution is -0.148. The maximum absolute atomic E-state index is 13.0. The van der Waals surface area contributed by atoms with Gasteiger partial charge < -0.3 is 24.8 Å². The Kier molecular flexibility index (Phi) is 12.4. The maximum atomic E-state index is 13.0. The van der Waals surface area contributed by atoms with Crippen molar-refractivity contribution in [2.75, 3.05) is 0 Å². The van der Waals surface area contributed by atoms with Gasteiger partial charge in [-0.1, -0.05) is 121 Å². The average molecular weight is 595 g/mol. The van der Waals surface area contributed by atoms with E-state index in [0.717, 1.165) is 22.3 Å². The molecule has 8 nitrogen and oxygen atoms in total. The molecule has 0 saturated carbocycles.